The van der Waals surface area contributed by atoms with Crippen LogP contribution in [0.15, 0.2) is 33.6 Å². The van der Waals surface area contributed by atoms with E-state index in [1.165, 1.54) is 4.90 Å². The van der Waals surface area contributed by atoms with Crippen LogP contribution < -0.4 is 0 Å². The van der Waals surface area contributed by atoms with E-state index >= 15 is 0 Å². The van der Waals surface area contributed by atoms with E-state index in [1.807, 2.05) is 31.2 Å². The first-order valence-electron chi connectivity index (χ1n) is 5.95. The second-order valence-electron chi connectivity index (χ2n) is 4.25. The number of benzene rings is 1. The Morgan fingerprint density at radius 3 is 2.74 bits per heavy atom. The Balaban J connectivity index is 1.87. The van der Waals surface area contributed by atoms with E-state index in [-0.39, 0.29) is 11.2 Å². The van der Waals surface area contributed by atoms with Crippen molar-refractivity contribution in [2.45, 2.75) is 23.5 Å². The van der Waals surface area contributed by atoms with E-state index in [2.05, 4.69) is 15.9 Å². The second-order valence-corrected chi connectivity index (χ2v) is 6.67. The number of carbonyl (C=O) groups excluding carboxylic acids is 2. The number of ether oxygens (including phenoxy) is 1. The van der Waals surface area contributed by atoms with Crippen molar-refractivity contribution >= 4 is 39.7 Å². The van der Waals surface area contributed by atoms with Crippen LogP contribution >= 0.6 is 27.7 Å². The molecule has 0 aromatic heterocycles. The molecule has 1 aromatic rings. The van der Waals surface area contributed by atoms with Gasteiger partial charge in [-0.15, -0.1) is 11.8 Å². The van der Waals surface area contributed by atoms with Crippen LogP contribution in [-0.4, -0.2) is 35.3 Å². The Morgan fingerprint density at radius 2 is 2.16 bits per heavy atom. The lowest BCUT2D eigenvalue weighted by atomic mass is 10.3. The van der Waals surface area contributed by atoms with Gasteiger partial charge in [-0.1, -0.05) is 22.9 Å². The number of rotatable bonds is 4. The van der Waals surface area contributed by atoms with Gasteiger partial charge in [0.1, 0.15) is 6.61 Å². The smallest absolute Gasteiger partial charge is 0.416 e. The van der Waals surface area contributed by atoms with E-state index in [9.17, 15) is 9.59 Å². The van der Waals surface area contributed by atoms with Crippen molar-refractivity contribution in [1.29, 1.82) is 0 Å². The summed E-state index contributed by atoms with van der Waals surface area (Å²) in [5, 5.41) is 0.113. The number of nitrogens with zero attached hydrogens (tertiary/aromatic N) is 1. The van der Waals surface area contributed by atoms with Crippen molar-refractivity contribution in [3.63, 3.8) is 0 Å². The second kappa shape index (κ2) is 6.43. The zero-order valence-corrected chi connectivity index (χ0v) is 12.9. The van der Waals surface area contributed by atoms with Gasteiger partial charge in [-0.05, 0) is 24.3 Å². The molecule has 6 heteroatoms. The molecule has 1 aliphatic heterocycles. The number of amides is 2. The third-order valence-corrected chi connectivity index (χ3v) is 4.32. The molecule has 1 aliphatic rings. The molecular formula is C13H14BrNO3S. The third-order valence-electron chi connectivity index (χ3n) is 2.67. The summed E-state index contributed by atoms with van der Waals surface area (Å²) in [4.78, 5) is 25.5. The van der Waals surface area contributed by atoms with E-state index in [1.54, 1.807) is 11.8 Å². The molecule has 0 N–H and O–H groups in total. The quantitative estimate of drug-likeness (QED) is 0.787. The highest BCUT2D eigenvalue weighted by Gasteiger charge is 2.29. The summed E-state index contributed by atoms with van der Waals surface area (Å²) in [6.07, 6.45) is -0.193. The largest absolute Gasteiger partial charge is 0.447 e. The van der Waals surface area contributed by atoms with Crippen LogP contribution in [0.1, 0.15) is 13.3 Å². The fourth-order valence-electron chi connectivity index (χ4n) is 1.76. The predicted octanol–water partition coefficient (Wildman–Crippen LogP) is 3.30. The highest BCUT2D eigenvalue weighted by molar-refractivity contribution is 9.10. The molecule has 0 aliphatic carbocycles. The summed E-state index contributed by atoms with van der Waals surface area (Å²) in [6, 6.07) is 7.93. The van der Waals surface area contributed by atoms with Gasteiger partial charge in [-0.25, -0.2) is 9.69 Å². The number of hydrogen-bond acceptors (Lipinski definition) is 4. The van der Waals surface area contributed by atoms with Crippen LogP contribution in [-0.2, 0) is 9.53 Å². The Labute approximate surface area is 124 Å². The Morgan fingerprint density at radius 1 is 1.47 bits per heavy atom. The van der Waals surface area contributed by atoms with Crippen LogP contribution in [0.3, 0.4) is 0 Å². The van der Waals surface area contributed by atoms with Crippen molar-refractivity contribution < 1.29 is 14.3 Å². The lowest BCUT2D eigenvalue weighted by Gasteiger charge is -2.14. The van der Waals surface area contributed by atoms with Crippen LogP contribution in [0.5, 0.6) is 0 Å². The molecule has 2 amide bonds. The van der Waals surface area contributed by atoms with Crippen LogP contribution in [0.2, 0.25) is 0 Å². The minimum Gasteiger partial charge on any atom is -0.447 e. The average Bonchev–Trinajstić information content (AvgIpc) is 2.78. The molecule has 0 saturated carbocycles. The highest BCUT2D eigenvalue weighted by atomic mass is 79.9. The molecule has 102 valence electrons. The van der Waals surface area contributed by atoms with Gasteiger partial charge in [0.2, 0.25) is 5.91 Å². The fourth-order valence-corrected chi connectivity index (χ4v) is 3.01. The molecule has 0 bridgehead atoms. The van der Waals surface area contributed by atoms with Gasteiger partial charge in [0.05, 0.1) is 6.54 Å². The molecule has 0 unspecified atom stereocenters. The monoisotopic (exact) mass is 343 g/mol. The first kappa shape index (κ1) is 14.4. The number of cyclic esters (lactones) is 1. The summed E-state index contributed by atoms with van der Waals surface area (Å²) in [6.45, 7) is 2.65. The van der Waals surface area contributed by atoms with E-state index in [0.29, 0.717) is 19.6 Å². The summed E-state index contributed by atoms with van der Waals surface area (Å²) in [5.74, 6) is -0.167. The van der Waals surface area contributed by atoms with Gasteiger partial charge < -0.3 is 4.74 Å². The molecule has 1 atom stereocenters. The fraction of sp³-hybridized carbons (Fsp3) is 0.385. The molecule has 0 spiro atoms. The maximum Gasteiger partial charge on any atom is 0.416 e. The predicted molar refractivity (Wildman–Crippen MR) is 77.1 cm³/mol. The Hall–Kier alpha value is -1.01. The number of hydrogen-bond donors (Lipinski definition) is 0. The van der Waals surface area contributed by atoms with Gasteiger partial charge in [0.15, 0.2) is 0 Å². The summed E-state index contributed by atoms with van der Waals surface area (Å²) in [7, 11) is 0. The first-order valence-corrected chi connectivity index (χ1v) is 7.63. The van der Waals surface area contributed by atoms with E-state index in [0.717, 1.165) is 9.37 Å². The molecular weight excluding hydrogens is 330 g/mol. The Kier molecular flexibility index (Phi) is 4.87. The molecule has 0 radical (unpaired) electrons. The molecule has 1 heterocycles. The van der Waals surface area contributed by atoms with Crippen LogP contribution in [0, 0.1) is 0 Å². The number of imide groups is 1. The maximum atomic E-state index is 11.9. The highest BCUT2D eigenvalue weighted by Crippen LogP contribution is 2.27. The molecule has 4 nitrogen and oxygen atoms in total. The molecule has 1 fully saturated rings. The molecule has 19 heavy (non-hydrogen) atoms. The van der Waals surface area contributed by atoms with E-state index < -0.39 is 6.09 Å². The first-order chi connectivity index (χ1) is 9.06. The number of carbonyl (C=O) groups is 2. The number of thioether (sulfide) groups is 1. The topological polar surface area (TPSA) is 46.6 Å². The van der Waals surface area contributed by atoms with Gasteiger partial charge in [0.25, 0.3) is 0 Å². The van der Waals surface area contributed by atoms with Gasteiger partial charge in [-0.2, -0.15) is 0 Å². The molecule has 1 saturated heterocycles. The van der Waals surface area contributed by atoms with Gasteiger partial charge >= 0.3 is 6.09 Å². The van der Waals surface area contributed by atoms with Crippen molar-refractivity contribution in [3.05, 3.63) is 28.7 Å². The Bertz CT molecular complexity index is 477. The third kappa shape index (κ3) is 3.98. The normalized spacial score (nSPS) is 16.3. The maximum absolute atomic E-state index is 11.9. The van der Waals surface area contributed by atoms with E-state index in [4.69, 9.17) is 4.74 Å². The van der Waals surface area contributed by atoms with Crippen molar-refractivity contribution in [1.82, 2.24) is 4.90 Å². The van der Waals surface area contributed by atoms with Crippen LogP contribution in [0.25, 0.3) is 0 Å². The lowest BCUT2D eigenvalue weighted by Crippen LogP contribution is -2.33. The zero-order valence-electron chi connectivity index (χ0n) is 10.5. The minimum absolute atomic E-state index is 0.113. The zero-order chi connectivity index (χ0) is 13.8. The number of halogens is 1. The summed E-state index contributed by atoms with van der Waals surface area (Å²) < 4.78 is 5.78. The SMILES string of the molecule is C[C@@H](CC(=O)N1CCOC1=O)Sc1ccc(Br)cc1. The summed E-state index contributed by atoms with van der Waals surface area (Å²) in [5.41, 5.74) is 0. The molecule has 2 rings (SSSR count). The minimum atomic E-state index is -0.522. The van der Waals surface area contributed by atoms with Crippen molar-refractivity contribution in [2.24, 2.45) is 0 Å². The van der Waals surface area contributed by atoms with Gasteiger partial charge in [-0.3, -0.25) is 4.79 Å². The lowest BCUT2D eigenvalue weighted by molar-refractivity contribution is -0.127. The van der Waals surface area contributed by atoms with Crippen molar-refractivity contribution in [2.75, 3.05) is 13.2 Å². The van der Waals surface area contributed by atoms with Gasteiger partial charge in [0, 0.05) is 21.0 Å². The molecule has 1 aromatic carbocycles. The summed E-state index contributed by atoms with van der Waals surface area (Å²) >= 11 is 5.00. The average molecular weight is 344 g/mol. The van der Waals surface area contributed by atoms with Crippen molar-refractivity contribution in [3.8, 4) is 0 Å². The van der Waals surface area contributed by atoms with Crippen LogP contribution in [0.4, 0.5) is 4.79 Å². The standard InChI is InChI=1S/C13H14BrNO3S/c1-9(19-11-4-2-10(14)3-5-11)8-12(16)15-6-7-18-13(15)17/h2-5,9H,6-8H2,1H3/t9-/m0/s1.